The number of hydrogen-bond acceptors (Lipinski definition) is 4. The molecule has 6 heteroatoms. The Balaban J connectivity index is 1.83. The number of benzene rings is 2. The van der Waals surface area contributed by atoms with Crippen LogP contribution in [0.25, 0.3) is 0 Å². The van der Waals surface area contributed by atoms with Crippen molar-refractivity contribution in [1.29, 1.82) is 0 Å². The van der Waals surface area contributed by atoms with Gasteiger partial charge in [-0.3, -0.25) is 4.79 Å². The summed E-state index contributed by atoms with van der Waals surface area (Å²) >= 11 is 0. The summed E-state index contributed by atoms with van der Waals surface area (Å²) in [5, 5.41) is 2.77. The van der Waals surface area contributed by atoms with E-state index in [2.05, 4.69) is 5.32 Å². The van der Waals surface area contributed by atoms with Gasteiger partial charge in [-0.1, -0.05) is 49.4 Å². The van der Waals surface area contributed by atoms with Crippen molar-refractivity contribution in [2.24, 2.45) is 0 Å². The number of carbonyl (C=O) groups excluding carboxylic acids is 1. The SMILES string of the molecule is CCS(=O)(=O)c1ccccc1C(=O)NCCCOC(C)c1ccccc1. The molecule has 0 heterocycles. The zero-order chi connectivity index (χ0) is 19.0. The molecule has 140 valence electrons. The molecule has 26 heavy (non-hydrogen) atoms. The molecule has 0 fully saturated rings. The highest BCUT2D eigenvalue weighted by atomic mass is 32.2. The van der Waals surface area contributed by atoms with Gasteiger partial charge in [0.15, 0.2) is 9.84 Å². The van der Waals surface area contributed by atoms with Crippen LogP contribution in [-0.2, 0) is 14.6 Å². The van der Waals surface area contributed by atoms with Gasteiger partial charge >= 0.3 is 0 Å². The number of hydrogen-bond donors (Lipinski definition) is 1. The molecular formula is C20H25NO4S. The van der Waals surface area contributed by atoms with E-state index < -0.39 is 9.84 Å². The predicted octanol–water partition coefficient (Wildman–Crippen LogP) is 3.38. The van der Waals surface area contributed by atoms with E-state index in [-0.39, 0.29) is 28.2 Å². The first-order valence-corrected chi connectivity index (χ1v) is 10.4. The first-order valence-electron chi connectivity index (χ1n) is 8.72. The molecule has 2 aromatic rings. The normalized spacial score (nSPS) is 12.5. The zero-order valence-corrected chi connectivity index (χ0v) is 16.0. The van der Waals surface area contributed by atoms with Crippen molar-refractivity contribution in [3.05, 3.63) is 65.7 Å². The van der Waals surface area contributed by atoms with Gasteiger partial charge in [-0.05, 0) is 31.0 Å². The third-order valence-electron chi connectivity index (χ3n) is 4.09. The molecule has 0 aliphatic carbocycles. The second-order valence-corrected chi connectivity index (χ2v) is 8.18. The van der Waals surface area contributed by atoms with Gasteiger partial charge in [-0.2, -0.15) is 0 Å². The Morgan fingerprint density at radius 2 is 1.73 bits per heavy atom. The van der Waals surface area contributed by atoms with Crippen LogP contribution in [0.5, 0.6) is 0 Å². The van der Waals surface area contributed by atoms with E-state index in [9.17, 15) is 13.2 Å². The minimum absolute atomic E-state index is 0.0117. The molecule has 1 unspecified atom stereocenters. The number of sulfone groups is 1. The lowest BCUT2D eigenvalue weighted by molar-refractivity contribution is 0.0634. The maximum absolute atomic E-state index is 12.3. The van der Waals surface area contributed by atoms with Crippen LogP contribution in [0.3, 0.4) is 0 Å². The third kappa shape index (κ3) is 5.41. The van der Waals surface area contributed by atoms with Crippen LogP contribution in [0, 0.1) is 0 Å². The zero-order valence-electron chi connectivity index (χ0n) is 15.1. The summed E-state index contributed by atoms with van der Waals surface area (Å²) in [5.74, 6) is -0.420. The van der Waals surface area contributed by atoms with Gasteiger partial charge in [0.2, 0.25) is 0 Å². The summed E-state index contributed by atoms with van der Waals surface area (Å²) in [5.41, 5.74) is 1.29. The summed E-state index contributed by atoms with van der Waals surface area (Å²) in [7, 11) is -3.44. The fourth-order valence-corrected chi connectivity index (χ4v) is 3.62. The lowest BCUT2D eigenvalue weighted by Gasteiger charge is -2.14. The lowest BCUT2D eigenvalue weighted by Crippen LogP contribution is -2.27. The average Bonchev–Trinajstić information content (AvgIpc) is 2.68. The monoisotopic (exact) mass is 375 g/mol. The minimum Gasteiger partial charge on any atom is -0.374 e. The van der Waals surface area contributed by atoms with Crippen molar-refractivity contribution in [1.82, 2.24) is 5.32 Å². The molecule has 0 saturated carbocycles. The first-order chi connectivity index (χ1) is 12.5. The molecule has 0 aromatic heterocycles. The third-order valence-corrected chi connectivity index (χ3v) is 5.88. The smallest absolute Gasteiger partial charge is 0.252 e. The molecule has 1 N–H and O–H groups in total. The summed E-state index contributed by atoms with van der Waals surface area (Å²) in [6.07, 6.45) is 0.633. The summed E-state index contributed by atoms with van der Waals surface area (Å²) in [4.78, 5) is 12.4. The molecule has 1 atom stereocenters. The Labute approximate surface area is 155 Å². The average molecular weight is 375 g/mol. The maximum Gasteiger partial charge on any atom is 0.252 e. The van der Waals surface area contributed by atoms with Gasteiger partial charge in [-0.15, -0.1) is 0 Å². The van der Waals surface area contributed by atoms with Crippen LogP contribution in [0.1, 0.15) is 42.3 Å². The molecule has 2 rings (SSSR count). The fourth-order valence-electron chi connectivity index (χ4n) is 2.53. The fraction of sp³-hybridized carbons (Fsp3) is 0.350. The second-order valence-electron chi connectivity index (χ2n) is 5.93. The molecule has 0 bridgehead atoms. The topological polar surface area (TPSA) is 72.5 Å². The maximum atomic E-state index is 12.3. The molecular weight excluding hydrogens is 350 g/mol. The van der Waals surface area contributed by atoms with Gasteiger partial charge in [0.25, 0.3) is 5.91 Å². The highest BCUT2D eigenvalue weighted by Crippen LogP contribution is 2.17. The van der Waals surface area contributed by atoms with E-state index in [1.165, 1.54) is 12.1 Å². The van der Waals surface area contributed by atoms with Crippen LogP contribution in [0.4, 0.5) is 0 Å². The van der Waals surface area contributed by atoms with Crippen molar-refractivity contribution in [2.75, 3.05) is 18.9 Å². The highest BCUT2D eigenvalue weighted by Gasteiger charge is 2.20. The number of carbonyl (C=O) groups is 1. The molecule has 5 nitrogen and oxygen atoms in total. The Bertz CT molecular complexity index is 819. The molecule has 0 aliphatic rings. The van der Waals surface area contributed by atoms with Crippen molar-refractivity contribution in [3.8, 4) is 0 Å². The standard InChI is InChI=1S/C20H25NO4S/c1-3-26(23,24)19-13-8-7-12-18(19)20(22)21-14-9-15-25-16(2)17-10-5-4-6-11-17/h4-8,10-13,16H,3,9,14-15H2,1-2H3,(H,21,22). The van der Waals surface area contributed by atoms with Crippen LogP contribution < -0.4 is 5.32 Å². The molecule has 1 amide bonds. The van der Waals surface area contributed by atoms with Crippen molar-refractivity contribution < 1.29 is 17.9 Å². The Hall–Kier alpha value is -2.18. The Morgan fingerprint density at radius 3 is 2.42 bits per heavy atom. The Morgan fingerprint density at radius 1 is 1.08 bits per heavy atom. The molecule has 2 aromatic carbocycles. The summed E-state index contributed by atoms with van der Waals surface area (Å²) in [6, 6.07) is 16.2. The van der Waals surface area contributed by atoms with E-state index in [0.717, 1.165) is 5.56 Å². The van der Waals surface area contributed by atoms with Crippen molar-refractivity contribution >= 4 is 15.7 Å². The minimum atomic E-state index is -3.44. The number of ether oxygens (including phenoxy) is 1. The Kier molecular flexibility index (Phi) is 7.36. The van der Waals surface area contributed by atoms with Crippen LogP contribution in [0.15, 0.2) is 59.5 Å². The van der Waals surface area contributed by atoms with Crippen LogP contribution in [-0.4, -0.2) is 33.2 Å². The molecule has 0 radical (unpaired) electrons. The van der Waals surface area contributed by atoms with E-state index in [0.29, 0.717) is 19.6 Å². The number of nitrogens with one attached hydrogen (secondary N) is 1. The van der Waals surface area contributed by atoms with Crippen LogP contribution in [0.2, 0.25) is 0 Å². The predicted molar refractivity (Wildman–Crippen MR) is 102 cm³/mol. The van der Waals surface area contributed by atoms with Crippen molar-refractivity contribution in [2.45, 2.75) is 31.3 Å². The van der Waals surface area contributed by atoms with Gasteiger partial charge in [0.05, 0.1) is 22.3 Å². The highest BCUT2D eigenvalue weighted by molar-refractivity contribution is 7.91. The van der Waals surface area contributed by atoms with Crippen LogP contribution >= 0.6 is 0 Å². The number of amides is 1. The lowest BCUT2D eigenvalue weighted by atomic mass is 10.1. The van der Waals surface area contributed by atoms with Gasteiger partial charge in [0.1, 0.15) is 0 Å². The van der Waals surface area contributed by atoms with E-state index in [1.807, 2.05) is 37.3 Å². The molecule has 0 aliphatic heterocycles. The van der Waals surface area contributed by atoms with Crippen molar-refractivity contribution in [3.63, 3.8) is 0 Å². The number of rotatable bonds is 9. The second kappa shape index (κ2) is 9.50. The molecule has 0 spiro atoms. The molecule has 0 saturated heterocycles. The first kappa shape index (κ1) is 20.1. The van der Waals surface area contributed by atoms with E-state index in [4.69, 9.17) is 4.74 Å². The van der Waals surface area contributed by atoms with Gasteiger partial charge < -0.3 is 10.1 Å². The summed E-state index contributed by atoms with van der Waals surface area (Å²) in [6.45, 7) is 4.47. The van der Waals surface area contributed by atoms with E-state index >= 15 is 0 Å². The van der Waals surface area contributed by atoms with Gasteiger partial charge in [-0.25, -0.2) is 8.42 Å². The summed E-state index contributed by atoms with van der Waals surface area (Å²) < 4.78 is 30.0. The van der Waals surface area contributed by atoms with E-state index in [1.54, 1.807) is 19.1 Å². The van der Waals surface area contributed by atoms with Gasteiger partial charge in [0, 0.05) is 13.2 Å². The largest absolute Gasteiger partial charge is 0.374 e. The quantitative estimate of drug-likeness (QED) is 0.682.